The highest BCUT2D eigenvalue weighted by Gasteiger charge is 2.32. The predicted molar refractivity (Wildman–Crippen MR) is 82.7 cm³/mol. The van der Waals surface area contributed by atoms with Gasteiger partial charge in [-0.25, -0.2) is 4.79 Å². The predicted octanol–water partition coefficient (Wildman–Crippen LogP) is 2.45. The summed E-state index contributed by atoms with van der Waals surface area (Å²) in [6.07, 6.45) is 0.199. The summed E-state index contributed by atoms with van der Waals surface area (Å²) in [6, 6.07) is 4.95. The number of aliphatic imine (C=N–C) groups is 1. The Morgan fingerprint density at radius 2 is 2.00 bits per heavy atom. The number of urea groups is 1. The highest BCUT2D eigenvalue weighted by atomic mass is 16.5. The van der Waals surface area contributed by atoms with Crippen LogP contribution >= 0.6 is 0 Å². The van der Waals surface area contributed by atoms with Crippen molar-refractivity contribution in [1.29, 1.82) is 0 Å². The van der Waals surface area contributed by atoms with Crippen molar-refractivity contribution in [2.45, 2.75) is 33.3 Å². The summed E-state index contributed by atoms with van der Waals surface area (Å²) in [7, 11) is 1.56. The molecule has 0 spiro atoms. The summed E-state index contributed by atoms with van der Waals surface area (Å²) in [4.78, 5) is 28.8. The van der Waals surface area contributed by atoms with Gasteiger partial charge in [-0.3, -0.25) is 9.69 Å². The molecule has 0 bridgehead atoms. The average Bonchev–Trinajstić information content (AvgIpc) is 2.74. The smallest absolute Gasteiger partial charge is 0.350 e. The van der Waals surface area contributed by atoms with Crippen LogP contribution < -0.4 is 9.47 Å². The van der Waals surface area contributed by atoms with Crippen LogP contribution in [0, 0.1) is 0 Å². The quantitative estimate of drug-likeness (QED) is 0.809. The van der Waals surface area contributed by atoms with E-state index in [0.717, 1.165) is 10.5 Å². The number of nitrogens with zero attached hydrogens (tertiary/aromatic N) is 2. The van der Waals surface area contributed by atoms with Crippen molar-refractivity contribution in [3.63, 3.8) is 0 Å². The first-order chi connectivity index (χ1) is 10.5. The van der Waals surface area contributed by atoms with E-state index in [9.17, 15) is 9.59 Å². The van der Waals surface area contributed by atoms with Crippen LogP contribution in [0.2, 0.25) is 0 Å². The number of hydrogen-bond donors (Lipinski definition) is 0. The number of hydrogen-bond acceptors (Lipinski definition) is 4. The zero-order chi connectivity index (χ0) is 16.3. The van der Waals surface area contributed by atoms with Crippen LogP contribution in [-0.2, 0) is 11.2 Å². The van der Waals surface area contributed by atoms with Gasteiger partial charge in [0.25, 0.3) is 5.91 Å². The number of amides is 3. The maximum atomic E-state index is 12.1. The Bertz CT molecular complexity index is 623. The second kappa shape index (κ2) is 6.60. The Morgan fingerprint density at radius 1 is 1.27 bits per heavy atom. The molecule has 3 amide bonds. The number of methoxy groups -OCH3 is 1. The molecule has 0 unspecified atom stereocenters. The molecule has 1 aliphatic rings. The van der Waals surface area contributed by atoms with Gasteiger partial charge in [0.15, 0.2) is 11.5 Å². The van der Waals surface area contributed by atoms with Crippen LogP contribution in [-0.4, -0.2) is 42.3 Å². The highest BCUT2D eigenvalue weighted by Crippen LogP contribution is 2.33. The third-order valence-corrected chi connectivity index (χ3v) is 3.26. The molecule has 1 heterocycles. The highest BCUT2D eigenvalue weighted by molar-refractivity contribution is 6.46. The van der Waals surface area contributed by atoms with E-state index in [4.69, 9.17) is 9.47 Å². The number of carbonyl (C=O) groups is 2. The molecule has 0 atom stereocenters. The van der Waals surface area contributed by atoms with Gasteiger partial charge < -0.3 is 9.47 Å². The molecule has 0 N–H and O–H groups in total. The lowest BCUT2D eigenvalue weighted by atomic mass is 10.1. The Hall–Kier alpha value is -2.37. The fourth-order valence-corrected chi connectivity index (χ4v) is 2.27. The van der Waals surface area contributed by atoms with Crippen molar-refractivity contribution in [1.82, 2.24) is 4.90 Å². The van der Waals surface area contributed by atoms with E-state index in [-0.39, 0.29) is 24.1 Å². The second-order valence-corrected chi connectivity index (χ2v) is 5.18. The van der Waals surface area contributed by atoms with Gasteiger partial charge in [0.2, 0.25) is 0 Å². The van der Waals surface area contributed by atoms with Gasteiger partial charge in [-0.15, -0.1) is 0 Å². The Balaban J connectivity index is 2.32. The molecule has 0 aliphatic carbocycles. The average molecular weight is 304 g/mol. The number of ether oxygens (including phenoxy) is 2. The van der Waals surface area contributed by atoms with Crippen molar-refractivity contribution < 1.29 is 19.1 Å². The van der Waals surface area contributed by atoms with Crippen LogP contribution in [0.15, 0.2) is 23.2 Å². The lowest BCUT2D eigenvalue weighted by molar-refractivity contribution is -0.120. The molecule has 0 saturated heterocycles. The van der Waals surface area contributed by atoms with Gasteiger partial charge in [-0.2, -0.15) is 4.99 Å². The van der Waals surface area contributed by atoms with Crippen molar-refractivity contribution in [3.8, 4) is 11.5 Å². The fraction of sp³-hybridized carbons (Fsp3) is 0.438. The Labute approximate surface area is 129 Å². The number of carbonyl (C=O) groups excluding carboxylic acids is 2. The lowest BCUT2D eigenvalue weighted by Gasteiger charge is -2.17. The van der Waals surface area contributed by atoms with E-state index in [0.29, 0.717) is 18.0 Å². The molecule has 0 aromatic heterocycles. The monoisotopic (exact) mass is 304 g/mol. The maximum absolute atomic E-state index is 12.1. The molecule has 6 nitrogen and oxygen atoms in total. The minimum absolute atomic E-state index is 0.0370. The summed E-state index contributed by atoms with van der Waals surface area (Å²) >= 11 is 0. The maximum Gasteiger partial charge on any atom is 0.350 e. The molecule has 1 aromatic carbocycles. The lowest BCUT2D eigenvalue weighted by Crippen LogP contribution is -2.33. The standard InChI is InChI=1S/C16H20N2O4/c1-5-18-15(19)12(17-16(18)20)9-11-7-6-8-13(21-4)14(11)22-10(2)3/h6-8,10H,5,9H2,1-4H3. The molecular formula is C16H20N2O4. The number of imide groups is 1. The molecule has 0 saturated carbocycles. The summed E-state index contributed by atoms with van der Waals surface area (Å²) < 4.78 is 11.1. The van der Waals surface area contributed by atoms with Gasteiger partial charge in [0.05, 0.1) is 13.2 Å². The normalized spacial score (nSPS) is 14.6. The minimum Gasteiger partial charge on any atom is -0.493 e. The first-order valence-corrected chi connectivity index (χ1v) is 7.23. The van der Waals surface area contributed by atoms with E-state index < -0.39 is 6.03 Å². The van der Waals surface area contributed by atoms with E-state index >= 15 is 0 Å². The summed E-state index contributed by atoms with van der Waals surface area (Å²) in [5.74, 6) is 0.833. The topological polar surface area (TPSA) is 68.2 Å². The Morgan fingerprint density at radius 3 is 2.55 bits per heavy atom. The number of para-hydroxylation sites is 1. The number of rotatable bonds is 6. The van der Waals surface area contributed by atoms with Crippen molar-refractivity contribution in [3.05, 3.63) is 23.8 Å². The molecule has 6 heteroatoms. The van der Waals surface area contributed by atoms with Gasteiger partial charge in [0, 0.05) is 18.5 Å². The van der Waals surface area contributed by atoms with Crippen LogP contribution in [0.25, 0.3) is 0 Å². The van der Waals surface area contributed by atoms with Crippen LogP contribution in [0.5, 0.6) is 11.5 Å². The largest absolute Gasteiger partial charge is 0.493 e. The molecule has 0 fully saturated rings. The Kier molecular flexibility index (Phi) is 4.80. The van der Waals surface area contributed by atoms with E-state index in [1.807, 2.05) is 26.0 Å². The minimum atomic E-state index is -0.503. The van der Waals surface area contributed by atoms with Gasteiger partial charge in [-0.05, 0) is 26.8 Å². The molecule has 1 aromatic rings. The van der Waals surface area contributed by atoms with Gasteiger partial charge in [0.1, 0.15) is 5.71 Å². The van der Waals surface area contributed by atoms with E-state index in [1.54, 1.807) is 20.1 Å². The molecule has 1 aliphatic heterocycles. The van der Waals surface area contributed by atoms with Crippen molar-refractivity contribution in [2.75, 3.05) is 13.7 Å². The second-order valence-electron chi connectivity index (χ2n) is 5.18. The van der Waals surface area contributed by atoms with E-state index in [1.165, 1.54) is 0 Å². The SMILES string of the molecule is CCN1C(=O)N=C(Cc2cccc(OC)c2OC(C)C)C1=O. The van der Waals surface area contributed by atoms with Crippen LogP contribution in [0.3, 0.4) is 0 Å². The molecule has 0 radical (unpaired) electrons. The van der Waals surface area contributed by atoms with Gasteiger partial charge >= 0.3 is 6.03 Å². The van der Waals surface area contributed by atoms with Crippen molar-refractivity contribution in [2.24, 2.45) is 4.99 Å². The molecule has 2 rings (SSSR count). The number of benzene rings is 1. The first kappa shape index (κ1) is 16.0. The third kappa shape index (κ3) is 3.10. The zero-order valence-electron chi connectivity index (χ0n) is 13.3. The van der Waals surface area contributed by atoms with Gasteiger partial charge in [-0.1, -0.05) is 12.1 Å². The molecular weight excluding hydrogens is 284 g/mol. The van der Waals surface area contributed by atoms with Crippen LogP contribution in [0.1, 0.15) is 26.3 Å². The summed E-state index contributed by atoms with van der Waals surface area (Å²) in [6.45, 7) is 5.89. The molecule has 22 heavy (non-hydrogen) atoms. The first-order valence-electron chi connectivity index (χ1n) is 7.23. The van der Waals surface area contributed by atoms with Crippen molar-refractivity contribution >= 4 is 17.6 Å². The summed E-state index contributed by atoms with van der Waals surface area (Å²) in [5.41, 5.74) is 1.000. The van der Waals surface area contributed by atoms with E-state index in [2.05, 4.69) is 4.99 Å². The third-order valence-electron chi connectivity index (χ3n) is 3.26. The molecule has 118 valence electrons. The fourth-order valence-electron chi connectivity index (χ4n) is 2.27. The van der Waals surface area contributed by atoms with Crippen LogP contribution in [0.4, 0.5) is 4.79 Å². The zero-order valence-corrected chi connectivity index (χ0v) is 13.3. The summed E-state index contributed by atoms with van der Waals surface area (Å²) in [5, 5.41) is 0.